The minimum Gasteiger partial charge on any atom is -0.550 e. The molecular formula is C16H31LiO3. The zero-order chi connectivity index (χ0) is 14.2. The molecule has 0 heterocycles. The molecule has 0 radical (unpaired) electrons. The molecule has 114 valence electrons. The zero-order valence-electron chi connectivity index (χ0n) is 13.4. The molecule has 0 rings (SSSR count). The maximum atomic E-state index is 10.2. The number of carbonyl (C=O) groups is 1. The normalized spacial score (nSPS) is 10.2. The third-order valence-corrected chi connectivity index (χ3v) is 3.54. The Morgan fingerprint density at radius 3 is 1.25 bits per heavy atom. The number of carbonyl (C=O) groups excluding carboxylic acids is 1. The summed E-state index contributed by atoms with van der Waals surface area (Å²) in [6.07, 6.45) is 15.7. The van der Waals surface area contributed by atoms with Gasteiger partial charge in [0.25, 0.3) is 0 Å². The smallest absolute Gasteiger partial charge is 0.550 e. The molecule has 0 aliphatic rings. The van der Waals surface area contributed by atoms with E-state index in [0.29, 0.717) is 6.61 Å². The Morgan fingerprint density at radius 1 is 0.650 bits per heavy atom. The van der Waals surface area contributed by atoms with Crippen molar-refractivity contribution in [3.05, 3.63) is 0 Å². The SMILES string of the molecule is O=C([O-])CCCCCCCCCCCCCCCO.[Li+]. The number of aliphatic hydroxyl groups excluding tert-OH is 1. The van der Waals surface area contributed by atoms with Gasteiger partial charge in [-0.05, 0) is 19.3 Å². The molecule has 0 fully saturated rings. The second-order valence-electron chi connectivity index (χ2n) is 5.44. The van der Waals surface area contributed by atoms with Crippen LogP contribution in [-0.2, 0) is 4.79 Å². The minimum absolute atomic E-state index is 0. The quantitative estimate of drug-likeness (QED) is 0.344. The van der Waals surface area contributed by atoms with E-state index in [1.54, 1.807) is 0 Å². The van der Waals surface area contributed by atoms with Crippen molar-refractivity contribution in [1.82, 2.24) is 0 Å². The van der Waals surface area contributed by atoms with Crippen molar-refractivity contribution in [3.8, 4) is 0 Å². The monoisotopic (exact) mass is 278 g/mol. The predicted octanol–water partition coefficient (Wildman–Crippen LogP) is 0.194. The summed E-state index contributed by atoms with van der Waals surface area (Å²) in [6, 6.07) is 0. The number of carboxylic acid groups (broad SMARTS) is 1. The molecule has 0 saturated heterocycles. The van der Waals surface area contributed by atoms with Gasteiger partial charge >= 0.3 is 18.9 Å². The summed E-state index contributed by atoms with van der Waals surface area (Å²) in [4.78, 5) is 10.2. The summed E-state index contributed by atoms with van der Waals surface area (Å²) in [7, 11) is 0. The molecule has 4 heteroatoms. The summed E-state index contributed by atoms with van der Waals surface area (Å²) >= 11 is 0. The number of hydrogen-bond donors (Lipinski definition) is 1. The number of hydrogen-bond acceptors (Lipinski definition) is 3. The number of rotatable bonds is 15. The van der Waals surface area contributed by atoms with E-state index >= 15 is 0 Å². The molecular weight excluding hydrogens is 247 g/mol. The summed E-state index contributed by atoms with van der Waals surface area (Å²) in [6.45, 7) is 0.336. The van der Waals surface area contributed by atoms with Crippen molar-refractivity contribution in [2.24, 2.45) is 0 Å². The van der Waals surface area contributed by atoms with Gasteiger partial charge in [-0.25, -0.2) is 0 Å². The van der Waals surface area contributed by atoms with Crippen LogP contribution >= 0.6 is 0 Å². The van der Waals surface area contributed by atoms with Gasteiger partial charge in [0.05, 0.1) is 0 Å². The van der Waals surface area contributed by atoms with E-state index in [4.69, 9.17) is 5.11 Å². The van der Waals surface area contributed by atoms with Crippen LogP contribution in [0.1, 0.15) is 89.9 Å². The van der Waals surface area contributed by atoms with Gasteiger partial charge in [0.2, 0.25) is 0 Å². The maximum absolute atomic E-state index is 10.2. The van der Waals surface area contributed by atoms with Gasteiger partial charge in [-0.15, -0.1) is 0 Å². The first-order chi connectivity index (χ1) is 9.27. The predicted molar refractivity (Wildman–Crippen MR) is 76.7 cm³/mol. The molecule has 0 aromatic carbocycles. The van der Waals surface area contributed by atoms with E-state index in [-0.39, 0.29) is 25.3 Å². The molecule has 0 aliphatic carbocycles. The Balaban J connectivity index is 0. The molecule has 0 unspecified atom stereocenters. The summed E-state index contributed by atoms with van der Waals surface area (Å²) in [5, 5.41) is 18.8. The average molecular weight is 278 g/mol. The van der Waals surface area contributed by atoms with Gasteiger partial charge in [-0.1, -0.05) is 70.6 Å². The molecule has 3 nitrogen and oxygen atoms in total. The van der Waals surface area contributed by atoms with E-state index in [1.807, 2.05) is 0 Å². The summed E-state index contributed by atoms with van der Waals surface area (Å²) < 4.78 is 0. The van der Waals surface area contributed by atoms with Crippen LogP contribution in [0, 0.1) is 0 Å². The van der Waals surface area contributed by atoms with Crippen LogP contribution in [0.2, 0.25) is 0 Å². The largest absolute Gasteiger partial charge is 1.00 e. The first-order valence-electron chi connectivity index (χ1n) is 8.08. The van der Waals surface area contributed by atoms with Crippen molar-refractivity contribution in [2.45, 2.75) is 89.9 Å². The molecule has 0 bridgehead atoms. The molecule has 0 saturated carbocycles. The number of carboxylic acids is 1. The zero-order valence-corrected chi connectivity index (χ0v) is 13.4. The Labute approximate surface area is 136 Å². The second-order valence-corrected chi connectivity index (χ2v) is 5.44. The van der Waals surface area contributed by atoms with Crippen molar-refractivity contribution in [2.75, 3.05) is 6.61 Å². The van der Waals surface area contributed by atoms with Gasteiger partial charge in [0.15, 0.2) is 0 Å². The first-order valence-corrected chi connectivity index (χ1v) is 8.08. The van der Waals surface area contributed by atoms with Gasteiger partial charge in [0, 0.05) is 12.6 Å². The Kier molecular flexibility index (Phi) is 21.2. The van der Waals surface area contributed by atoms with E-state index in [0.717, 1.165) is 25.7 Å². The van der Waals surface area contributed by atoms with Gasteiger partial charge in [0.1, 0.15) is 0 Å². The van der Waals surface area contributed by atoms with Crippen LogP contribution < -0.4 is 24.0 Å². The number of unbranched alkanes of at least 4 members (excludes halogenated alkanes) is 12. The Bertz CT molecular complexity index is 198. The topological polar surface area (TPSA) is 60.4 Å². The minimum atomic E-state index is -0.918. The Hall–Kier alpha value is 0.0274. The summed E-state index contributed by atoms with van der Waals surface area (Å²) in [5.41, 5.74) is 0. The average Bonchev–Trinajstić information content (AvgIpc) is 2.39. The molecule has 0 atom stereocenters. The fraction of sp³-hybridized carbons (Fsp3) is 0.938. The van der Waals surface area contributed by atoms with Crippen molar-refractivity contribution in [3.63, 3.8) is 0 Å². The van der Waals surface area contributed by atoms with Crippen LogP contribution in [-0.4, -0.2) is 17.7 Å². The Morgan fingerprint density at radius 2 is 0.950 bits per heavy atom. The molecule has 0 spiro atoms. The maximum Gasteiger partial charge on any atom is 1.00 e. The number of aliphatic carboxylic acids is 1. The van der Waals surface area contributed by atoms with E-state index in [2.05, 4.69) is 0 Å². The van der Waals surface area contributed by atoms with Crippen molar-refractivity contribution >= 4 is 5.97 Å². The van der Waals surface area contributed by atoms with Crippen molar-refractivity contribution in [1.29, 1.82) is 0 Å². The van der Waals surface area contributed by atoms with Crippen LogP contribution in [0.4, 0.5) is 0 Å². The van der Waals surface area contributed by atoms with Crippen LogP contribution in [0.25, 0.3) is 0 Å². The fourth-order valence-corrected chi connectivity index (χ4v) is 2.33. The molecule has 0 aromatic rings. The molecule has 1 N–H and O–H groups in total. The first kappa shape index (κ1) is 22.3. The molecule has 0 aromatic heterocycles. The third-order valence-electron chi connectivity index (χ3n) is 3.54. The molecule has 20 heavy (non-hydrogen) atoms. The van der Waals surface area contributed by atoms with Crippen LogP contribution in [0.5, 0.6) is 0 Å². The number of aliphatic hydroxyl groups is 1. The van der Waals surface area contributed by atoms with Crippen LogP contribution in [0.3, 0.4) is 0 Å². The van der Waals surface area contributed by atoms with Gasteiger partial charge in [-0.3, -0.25) is 0 Å². The second kappa shape index (κ2) is 19.0. The van der Waals surface area contributed by atoms with E-state index < -0.39 is 5.97 Å². The van der Waals surface area contributed by atoms with Crippen LogP contribution in [0.15, 0.2) is 0 Å². The third kappa shape index (κ3) is 20.3. The molecule has 0 amide bonds. The van der Waals surface area contributed by atoms with Gasteiger partial charge < -0.3 is 15.0 Å². The van der Waals surface area contributed by atoms with Crippen molar-refractivity contribution < 1.29 is 33.9 Å². The molecule has 0 aliphatic heterocycles. The van der Waals surface area contributed by atoms with Gasteiger partial charge in [-0.2, -0.15) is 0 Å². The fourth-order valence-electron chi connectivity index (χ4n) is 2.33. The standard InChI is InChI=1S/C16H32O3.Li/c17-15-13-11-9-7-5-3-1-2-4-6-8-10-12-14-16(18)19;/h17H,1-15H2,(H,18,19);/q;+1/p-1. The van der Waals surface area contributed by atoms with E-state index in [9.17, 15) is 9.90 Å². The summed E-state index contributed by atoms with van der Waals surface area (Å²) in [5.74, 6) is -0.918. The van der Waals surface area contributed by atoms with E-state index in [1.165, 1.54) is 57.8 Å².